The van der Waals surface area contributed by atoms with Crippen LogP contribution in [-0.2, 0) is 18.9 Å². The highest BCUT2D eigenvalue weighted by atomic mass is 32.1. The van der Waals surface area contributed by atoms with Crippen LogP contribution in [0, 0.1) is 0 Å². The molecule has 0 saturated carbocycles. The van der Waals surface area contributed by atoms with Crippen LogP contribution in [0.5, 0.6) is 0 Å². The SMILES string of the molecule is CCC(CO)OC(CC)OC(C)C(CO)OC(CO)OCCS. The number of hydrogen-bond donors (Lipinski definition) is 4. The van der Waals surface area contributed by atoms with Crippen molar-refractivity contribution in [2.24, 2.45) is 0 Å². The fraction of sp³-hybridized carbons (Fsp3) is 1.00. The van der Waals surface area contributed by atoms with Crippen molar-refractivity contribution in [1.29, 1.82) is 0 Å². The first kappa shape index (κ1) is 23.1. The molecule has 140 valence electrons. The van der Waals surface area contributed by atoms with Gasteiger partial charge in [-0.25, -0.2) is 0 Å². The van der Waals surface area contributed by atoms with Gasteiger partial charge in [0, 0.05) is 5.75 Å². The molecule has 23 heavy (non-hydrogen) atoms. The van der Waals surface area contributed by atoms with Gasteiger partial charge >= 0.3 is 0 Å². The van der Waals surface area contributed by atoms with E-state index in [1.54, 1.807) is 6.92 Å². The summed E-state index contributed by atoms with van der Waals surface area (Å²) < 4.78 is 22.2. The molecule has 0 aliphatic rings. The normalized spacial score (nSPS) is 18.4. The third kappa shape index (κ3) is 9.83. The first-order valence-corrected chi connectivity index (χ1v) is 8.70. The largest absolute Gasteiger partial charge is 0.394 e. The molecule has 0 aromatic carbocycles. The lowest BCUT2D eigenvalue weighted by Gasteiger charge is -2.30. The first-order chi connectivity index (χ1) is 11.1. The maximum atomic E-state index is 9.49. The smallest absolute Gasteiger partial charge is 0.181 e. The van der Waals surface area contributed by atoms with Gasteiger partial charge in [0.2, 0.25) is 0 Å². The van der Waals surface area contributed by atoms with Gasteiger partial charge in [0.05, 0.1) is 38.6 Å². The summed E-state index contributed by atoms with van der Waals surface area (Å²) in [7, 11) is 0. The van der Waals surface area contributed by atoms with Crippen molar-refractivity contribution in [3.63, 3.8) is 0 Å². The summed E-state index contributed by atoms with van der Waals surface area (Å²) in [4.78, 5) is 0. The van der Waals surface area contributed by atoms with Crippen molar-refractivity contribution >= 4 is 12.6 Å². The van der Waals surface area contributed by atoms with E-state index in [0.29, 0.717) is 25.2 Å². The van der Waals surface area contributed by atoms with Crippen LogP contribution in [0.15, 0.2) is 0 Å². The molecule has 3 N–H and O–H groups in total. The quantitative estimate of drug-likeness (QED) is 0.251. The van der Waals surface area contributed by atoms with Crippen LogP contribution in [0.25, 0.3) is 0 Å². The van der Waals surface area contributed by atoms with Crippen LogP contribution in [0.1, 0.15) is 33.6 Å². The van der Waals surface area contributed by atoms with Gasteiger partial charge in [-0.2, -0.15) is 12.6 Å². The van der Waals surface area contributed by atoms with Crippen LogP contribution >= 0.6 is 12.6 Å². The predicted molar refractivity (Wildman–Crippen MR) is 89.5 cm³/mol. The molecule has 7 nitrogen and oxygen atoms in total. The van der Waals surface area contributed by atoms with E-state index in [2.05, 4.69) is 12.6 Å². The first-order valence-electron chi connectivity index (χ1n) is 8.07. The number of thiol groups is 1. The Balaban J connectivity index is 4.51. The van der Waals surface area contributed by atoms with E-state index in [1.165, 1.54) is 0 Å². The molecule has 0 aromatic rings. The average Bonchev–Trinajstić information content (AvgIpc) is 2.58. The van der Waals surface area contributed by atoms with Gasteiger partial charge in [-0.3, -0.25) is 0 Å². The Hall–Kier alpha value is 0.0700. The minimum Gasteiger partial charge on any atom is -0.394 e. The van der Waals surface area contributed by atoms with E-state index in [4.69, 9.17) is 18.9 Å². The molecule has 5 atom stereocenters. The Morgan fingerprint density at radius 3 is 2.00 bits per heavy atom. The number of rotatable bonds is 15. The van der Waals surface area contributed by atoms with E-state index in [1.807, 2.05) is 13.8 Å². The van der Waals surface area contributed by atoms with Crippen molar-refractivity contribution in [2.45, 2.75) is 64.5 Å². The summed E-state index contributed by atoms with van der Waals surface area (Å²) in [6, 6.07) is 0. The fourth-order valence-electron chi connectivity index (χ4n) is 1.85. The van der Waals surface area contributed by atoms with Crippen molar-refractivity contribution in [2.75, 3.05) is 32.2 Å². The molecule has 0 fully saturated rings. The van der Waals surface area contributed by atoms with Crippen LogP contribution in [0.4, 0.5) is 0 Å². The van der Waals surface area contributed by atoms with E-state index in [9.17, 15) is 15.3 Å². The number of ether oxygens (including phenoxy) is 4. The Morgan fingerprint density at radius 1 is 0.870 bits per heavy atom. The molecule has 5 unspecified atom stereocenters. The Labute approximate surface area is 144 Å². The molecule has 0 heterocycles. The van der Waals surface area contributed by atoms with Crippen LogP contribution in [0.2, 0.25) is 0 Å². The average molecular weight is 356 g/mol. The van der Waals surface area contributed by atoms with Crippen LogP contribution in [-0.4, -0.2) is 78.4 Å². The summed E-state index contributed by atoms with van der Waals surface area (Å²) in [5.74, 6) is 0.501. The summed E-state index contributed by atoms with van der Waals surface area (Å²) >= 11 is 4.02. The zero-order valence-corrected chi connectivity index (χ0v) is 15.2. The molecule has 8 heteroatoms. The summed E-state index contributed by atoms with van der Waals surface area (Å²) in [6.07, 6.45) is -1.51. The van der Waals surface area contributed by atoms with E-state index >= 15 is 0 Å². The van der Waals surface area contributed by atoms with Crippen LogP contribution < -0.4 is 0 Å². The number of aliphatic hydroxyl groups is 3. The molecular weight excluding hydrogens is 324 g/mol. The summed E-state index contributed by atoms with van der Waals surface area (Å²) in [5, 5.41) is 27.9. The van der Waals surface area contributed by atoms with Crippen LogP contribution in [0.3, 0.4) is 0 Å². The highest BCUT2D eigenvalue weighted by Crippen LogP contribution is 2.15. The highest BCUT2D eigenvalue weighted by molar-refractivity contribution is 7.80. The third-order valence-electron chi connectivity index (χ3n) is 3.28. The maximum absolute atomic E-state index is 9.49. The molecular formula is C15H32O7S. The third-order valence-corrected chi connectivity index (χ3v) is 3.46. The second-order valence-electron chi connectivity index (χ2n) is 5.09. The molecule has 0 rings (SSSR count). The van der Waals surface area contributed by atoms with Gasteiger partial charge in [0.15, 0.2) is 12.6 Å². The van der Waals surface area contributed by atoms with E-state index < -0.39 is 24.8 Å². The monoisotopic (exact) mass is 356 g/mol. The highest BCUT2D eigenvalue weighted by Gasteiger charge is 2.26. The van der Waals surface area contributed by atoms with Gasteiger partial charge in [-0.15, -0.1) is 0 Å². The van der Waals surface area contributed by atoms with Gasteiger partial charge in [0.25, 0.3) is 0 Å². The van der Waals surface area contributed by atoms with Crippen molar-refractivity contribution in [3.05, 3.63) is 0 Å². The maximum Gasteiger partial charge on any atom is 0.181 e. The second kappa shape index (κ2) is 14.4. The minimum atomic E-state index is -0.841. The standard InChI is InChI=1S/C15H32O7S/c1-4-12(8-16)21-14(5-2)20-11(3)13(9-17)22-15(10-18)19-6-7-23/h11-18,23H,4-10H2,1-3H3. The Kier molecular flexibility index (Phi) is 14.5. The second-order valence-corrected chi connectivity index (χ2v) is 5.54. The topological polar surface area (TPSA) is 97.6 Å². The number of aliphatic hydroxyl groups excluding tert-OH is 3. The van der Waals surface area contributed by atoms with Gasteiger partial charge < -0.3 is 34.3 Å². The van der Waals surface area contributed by atoms with Crippen molar-refractivity contribution in [1.82, 2.24) is 0 Å². The zero-order valence-electron chi connectivity index (χ0n) is 14.3. The molecule has 0 radical (unpaired) electrons. The van der Waals surface area contributed by atoms with E-state index in [0.717, 1.165) is 0 Å². The Bertz CT molecular complexity index is 266. The zero-order chi connectivity index (χ0) is 17.7. The fourth-order valence-corrected chi connectivity index (χ4v) is 1.96. The Morgan fingerprint density at radius 2 is 1.57 bits per heavy atom. The molecule has 0 amide bonds. The van der Waals surface area contributed by atoms with Crippen molar-refractivity contribution in [3.8, 4) is 0 Å². The predicted octanol–water partition coefficient (Wildman–Crippen LogP) is 0.557. The minimum absolute atomic E-state index is 0.0746. The lowest BCUT2D eigenvalue weighted by molar-refractivity contribution is -0.252. The lowest BCUT2D eigenvalue weighted by Crippen LogP contribution is -2.41. The van der Waals surface area contributed by atoms with Crippen molar-refractivity contribution < 1.29 is 34.3 Å². The van der Waals surface area contributed by atoms with Gasteiger partial charge in [-0.1, -0.05) is 13.8 Å². The number of hydrogen-bond acceptors (Lipinski definition) is 8. The lowest BCUT2D eigenvalue weighted by atomic mass is 10.2. The summed E-state index contributed by atoms with van der Waals surface area (Å²) in [5.41, 5.74) is 0. The molecule has 0 saturated heterocycles. The molecule has 0 bridgehead atoms. The molecule has 0 aliphatic heterocycles. The summed E-state index contributed by atoms with van der Waals surface area (Å²) in [6.45, 7) is 5.22. The van der Waals surface area contributed by atoms with Gasteiger partial charge in [-0.05, 0) is 19.8 Å². The molecule has 0 aliphatic carbocycles. The molecule has 0 spiro atoms. The van der Waals surface area contributed by atoms with E-state index in [-0.39, 0.29) is 25.9 Å². The van der Waals surface area contributed by atoms with Gasteiger partial charge in [0.1, 0.15) is 6.10 Å². The molecule has 0 aromatic heterocycles.